The summed E-state index contributed by atoms with van der Waals surface area (Å²) in [6.07, 6.45) is 9.88. The first-order chi connectivity index (χ1) is 15.3. The summed E-state index contributed by atoms with van der Waals surface area (Å²) in [6.45, 7) is 8.15. The van der Waals surface area contributed by atoms with Crippen LogP contribution in [0.2, 0.25) is 0 Å². The molecule has 6 nitrogen and oxygen atoms in total. The van der Waals surface area contributed by atoms with E-state index in [1.54, 1.807) is 12.1 Å². The summed E-state index contributed by atoms with van der Waals surface area (Å²) in [6, 6.07) is 7.31. The number of nitrogens with one attached hydrogen (secondary N) is 1. The molecule has 0 atom stereocenters. The lowest BCUT2D eigenvalue weighted by Gasteiger charge is -2.22. The SMILES string of the molecule is C=CCC/C(C)=C/CC/C(C)=C/CN1C(=O)c2cccc(O)c2Nc2c(O)cc(O)cc21. The van der Waals surface area contributed by atoms with Crippen molar-refractivity contribution in [3.05, 3.63) is 71.8 Å². The number of phenols is 3. The number of hydrogen-bond acceptors (Lipinski definition) is 5. The van der Waals surface area contributed by atoms with E-state index in [4.69, 9.17) is 0 Å². The Morgan fingerprint density at radius 1 is 1.00 bits per heavy atom. The predicted octanol–water partition coefficient (Wildman–Crippen LogP) is 6.15. The summed E-state index contributed by atoms with van der Waals surface area (Å²) >= 11 is 0. The maximum atomic E-state index is 13.4. The Kier molecular flexibility index (Phi) is 7.25. The monoisotopic (exact) mass is 434 g/mol. The van der Waals surface area contributed by atoms with Gasteiger partial charge in [-0.05, 0) is 51.7 Å². The van der Waals surface area contributed by atoms with E-state index in [9.17, 15) is 20.1 Å². The van der Waals surface area contributed by atoms with Gasteiger partial charge in [0.2, 0.25) is 0 Å². The summed E-state index contributed by atoms with van der Waals surface area (Å²) in [4.78, 5) is 14.8. The minimum atomic E-state index is -0.337. The zero-order valence-electron chi connectivity index (χ0n) is 18.6. The van der Waals surface area contributed by atoms with Gasteiger partial charge in [0.15, 0.2) is 0 Å². The average molecular weight is 435 g/mol. The number of aromatic hydroxyl groups is 3. The fourth-order valence-electron chi connectivity index (χ4n) is 3.68. The van der Waals surface area contributed by atoms with Crippen LogP contribution in [0.4, 0.5) is 17.1 Å². The molecule has 1 amide bonds. The fourth-order valence-corrected chi connectivity index (χ4v) is 3.68. The van der Waals surface area contributed by atoms with Crippen molar-refractivity contribution in [2.45, 2.75) is 39.5 Å². The summed E-state index contributed by atoms with van der Waals surface area (Å²) < 4.78 is 0. The Balaban J connectivity index is 1.87. The highest BCUT2D eigenvalue weighted by atomic mass is 16.3. The average Bonchev–Trinajstić information content (AvgIpc) is 2.86. The van der Waals surface area contributed by atoms with Gasteiger partial charge in [-0.2, -0.15) is 0 Å². The lowest BCUT2D eigenvalue weighted by molar-refractivity contribution is 0.0991. The van der Waals surface area contributed by atoms with Crippen molar-refractivity contribution in [1.82, 2.24) is 0 Å². The number of carbonyl (C=O) groups is 1. The van der Waals surface area contributed by atoms with Crippen molar-refractivity contribution in [2.24, 2.45) is 0 Å². The highest BCUT2D eigenvalue weighted by molar-refractivity contribution is 6.15. The molecule has 3 rings (SSSR count). The van der Waals surface area contributed by atoms with Crippen molar-refractivity contribution < 1.29 is 20.1 Å². The van der Waals surface area contributed by atoms with E-state index in [0.29, 0.717) is 5.69 Å². The number of para-hydroxylation sites is 1. The van der Waals surface area contributed by atoms with Crippen LogP contribution in [0.15, 0.2) is 66.3 Å². The molecular weight excluding hydrogens is 404 g/mol. The molecule has 0 saturated heterocycles. The van der Waals surface area contributed by atoms with Gasteiger partial charge in [0, 0.05) is 18.7 Å². The second-order valence-corrected chi connectivity index (χ2v) is 8.07. The quantitative estimate of drug-likeness (QED) is 0.227. The van der Waals surface area contributed by atoms with Crippen molar-refractivity contribution in [2.75, 3.05) is 16.8 Å². The molecule has 0 spiro atoms. The molecule has 1 aliphatic heterocycles. The Bertz CT molecular complexity index is 1090. The van der Waals surface area contributed by atoms with Gasteiger partial charge in [0.05, 0.1) is 16.9 Å². The van der Waals surface area contributed by atoms with E-state index in [1.165, 1.54) is 28.7 Å². The molecule has 1 aliphatic rings. The number of hydrogen-bond donors (Lipinski definition) is 4. The lowest BCUT2D eigenvalue weighted by Crippen LogP contribution is -2.30. The van der Waals surface area contributed by atoms with Gasteiger partial charge in [-0.15, -0.1) is 6.58 Å². The number of carbonyl (C=O) groups excluding carboxylic acids is 1. The maximum absolute atomic E-state index is 13.4. The Hall–Kier alpha value is -3.67. The third-order valence-corrected chi connectivity index (χ3v) is 5.54. The molecule has 0 aromatic heterocycles. The van der Waals surface area contributed by atoms with E-state index in [-0.39, 0.29) is 46.6 Å². The zero-order chi connectivity index (χ0) is 23.3. The van der Waals surface area contributed by atoms with Crippen LogP contribution in [0.3, 0.4) is 0 Å². The van der Waals surface area contributed by atoms with Crippen LogP contribution in [-0.4, -0.2) is 27.8 Å². The number of amides is 1. The van der Waals surface area contributed by atoms with Gasteiger partial charge >= 0.3 is 0 Å². The maximum Gasteiger partial charge on any atom is 0.260 e. The second kappa shape index (κ2) is 10.1. The topological polar surface area (TPSA) is 93.0 Å². The van der Waals surface area contributed by atoms with Crippen LogP contribution in [0.25, 0.3) is 0 Å². The Morgan fingerprint density at radius 2 is 1.72 bits per heavy atom. The van der Waals surface area contributed by atoms with Gasteiger partial charge in [-0.3, -0.25) is 4.79 Å². The summed E-state index contributed by atoms with van der Waals surface area (Å²) in [5, 5.41) is 33.7. The minimum absolute atomic E-state index is 0.0959. The summed E-state index contributed by atoms with van der Waals surface area (Å²) in [5.74, 6) is -0.801. The first-order valence-electron chi connectivity index (χ1n) is 10.7. The summed E-state index contributed by atoms with van der Waals surface area (Å²) in [7, 11) is 0. The molecule has 1 heterocycles. The molecular formula is C26H30N2O4. The van der Waals surface area contributed by atoms with Crippen LogP contribution in [0.1, 0.15) is 49.9 Å². The molecule has 4 N–H and O–H groups in total. The molecule has 168 valence electrons. The van der Waals surface area contributed by atoms with Gasteiger partial charge < -0.3 is 25.5 Å². The number of nitrogens with zero attached hydrogens (tertiary/aromatic N) is 1. The Labute approximate surface area is 188 Å². The molecule has 6 heteroatoms. The molecule has 0 bridgehead atoms. The number of rotatable bonds is 8. The van der Waals surface area contributed by atoms with Crippen LogP contribution >= 0.6 is 0 Å². The lowest BCUT2D eigenvalue weighted by atomic mass is 10.1. The Morgan fingerprint density at radius 3 is 2.47 bits per heavy atom. The zero-order valence-corrected chi connectivity index (χ0v) is 18.6. The molecule has 0 saturated carbocycles. The third kappa shape index (κ3) is 5.14. The minimum Gasteiger partial charge on any atom is -0.508 e. The van der Waals surface area contributed by atoms with Crippen molar-refractivity contribution in [3.63, 3.8) is 0 Å². The fraction of sp³-hybridized carbons (Fsp3) is 0.269. The van der Waals surface area contributed by atoms with Crippen LogP contribution in [0.5, 0.6) is 17.2 Å². The smallest absolute Gasteiger partial charge is 0.260 e. The van der Waals surface area contributed by atoms with Gasteiger partial charge in [0.1, 0.15) is 22.9 Å². The van der Waals surface area contributed by atoms with Gasteiger partial charge in [0.25, 0.3) is 5.91 Å². The number of fused-ring (bicyclic) bond motifs is 2. The van der Waals surface area contributed by atoms with Crippen LogP contribution in [0, 0.1) is 0 Å². The first kappa shape index (κ1) is 23.0. The van der Waals surface area contributed by atoms with Gasteiger partial charge in [-0.1, -0.05) is 35.4 Å². The van der Waals surface area contributed by atoms with Crippen molar-refractivity contribution >= 4 is 23.0 Å². The third-order valence-electron chi connectivity index (χ3n) is 5.54. The molecule has 2 aromatic carbocycles. The number of allylic oxidation sites excluding steroid dienone is 4. The first-order valence-corrected chi connectivity index (χ1v) is 10.7. The molecule has 0 unspecified atom stereocenters. The largest absolute Gasteiger partial charge is 0.508 e. The number of anilines is 3. The van der Waals surface area contributed by atoms with Crippen molar-refractivity contribution in [1.29, 1.82) is 0 Å². The van der Waals surface area contributed by atoms with Crippen LogP contribution in [-0.2, 0) is 0 Å². The standard InChI is InChI=1S/C26H30N2O4/c1-4-5-8-17(2)9-6-10-18(3)13-14-28-21-15-19(29)16-23(31)25(21)27-24-20(26(28)32)11-7-12-22(24)30/h4,7,9,11-13,15-16,27,29-31H,1,5-6,8,10,14H2,2-3H3/b17-9+,18-13+. The van der Waals surface area contributed by atoms with E-state index < -0.39 is 0 Å². The van der Waals surface area contributed by atoms with E-state index in [1.807, 2.05) is 19.1 Å². The molecule has 0 aliphatic carbocycles. The summed E-state index contributed by atoms with van der Waals surface area (Å²) in [5.41, 5.74) is 3.57. The van der Waals surface area contributed by atoms with Crippen molar-refractivity contribution in [3.8, 4) is 17.2 Å². The molecule has 32 heavy (non-hydrogen) atoms. The predicted molar refractivity (Wildman–Crippen MR) is 129 cm³/mol. The van der Waals surface area contributed by atoms with Gasteiger partial charge in [-0.25, -0.2) is 0 Å². The molecule has 2 aromatic rings. The van der Waals surface area contributed by atoms with E-state index >= 15 is 0 Å². The van der Waals surface area contributed by atoms with E-state index in [2.05, 4.69) is 24.9 Å². The van der Waals surface area contributed by atoms with Crippen LogP contribution < -0.4 is 10.2 Å². The molecule has 0 radical (unpaired) electrons. The highest BCUT2D eigenvalue weighted by Crippen LogP contribution is 2.45. The highest BCUT2D eigenvalue weighted by Gasteiger charge is 2.29. The normalized spacial score (nSPS) is 13.8. The van der Waals surface area contributed by atoms with E-state index in [0.717, 1.165) is 31.3 Å². The number of phenolic OH excluding ortho intramolecular Hbond substituents is 3. The number of benzene rings is 2. The second-order valence-electron chi connectivity index (χ2n) is 8.07. The molecule has 0 fully saturated rings.